The molecule has 0 radical (unpaired) electrons. The minimum absolute atomic E-state index is 0.00546. The summed E-state index contributed by atoms with van der Waals surface area (Å²) in [6.07, 6.45) is 1.98. The molecule has 0 atom stereocenters. The zero-order chi connectivity index (χ0) is 13.2. The Morgan fingerprint density at radius 2 is 1.89 bits per heavy atom. The van der Waals surface area contributed by atoms with Crippen LogP contribution in [0.5, 0.6) is 0 Å². The topological polar surface area (TPSA) is 92.8 Å². The summed E-state index contributed by atoms with van der Waals surface area (Å²) in [6, 6.07) is 9.20. The number of benzene rings is 1. The van der Waals surface area contributed by atoms with Crippen LogP contribution in [-0.4, -0.2) is 17.4 Å². The van der Waals surface area contributed by atoms with Gasteiger partial charge in [0.25, 0.3) is 10.0 Å². The fraction of sp³-hybridized carbons (Fsp3) is 0. The van der Waals surface area contributed by atoms with E-state index in [4.69, 9.17) is 5.26 Å². The Labute approximate surface area is 103 Å². The molecule has 0 saturated carbocycles. The van der Waals surface area contributed by atoms with Crippen molar-refractivity contribution in [2.75, 3.05) is 0 Å². The lowest BCUT2D eigenvalue weighted by Crippen LogP contribution is -2.29. The van der Waals surface area contributed by atoms with Crippen LogP contribution in [0.3, 0.4) is 0 Å². The van der Waals surface area contributed by atoms with Gasteiger partial charge >= 0.3 is 5.69 Å². The van der Waals surface area contributed by atoms with Crippen LogP contribution in [0.2, 0.25) is 0 Å². The number of hydrogen-bond donors (Lipinski definition) is 0. The molecule has 18 heavy (non-hydrogen) atoms. The first-order valence-corrected chi connectivity index (χ1v) is 6.29. The molecular formula is C11H7N3O3S. The first kappa shape index (κ1) is 12.0. The summed E-state index contributed by atoms with van der Waals surface area (Å²) in [6.45, 7) is 0. The SMILES string of the molecule is N#Cc1cnc(=O)n(S(=O)(=O)c2ccccc2)c1. The molecular weight excluding hydrogens is 254 g/mol. The molecule has 6 nitrogen and oxygen atoms in total. The van der Waals surface area contributed by atoms with Crippen LogP contribution in [0.25, 0.3) is 0 Å². The van der Waals surface area contributed by atoms with Crippen LogP contribution in [0.4, 0.5) is 0 Å². The normalized spacial score (nSPS) is 10.8. The zero-order valence-corrected chi connectivity index (χ0v) is 9.83. The highest BCUT2D eigenvalue weighted by Crippen LogP contribution is 2.10. The summed E-state index contributed by atoms with van der Waals surface area (Å²) in [4.78, 5) is 14.8. The van der Waals surface area contributed by atoms with Gasteiger partial charge in [0, 0.05) is 6.20 Å². The molecule has 0 spiro atoms. The predicted octanol–water partition coefficient (Wildman–Crippen LogP) is 0.352. The second-order valence-corrected chi connectivity index (χ2v) is 5.17. The smallest absolute Gasteiger partial charge is 0.245 e. The number of nitrogens with zero attached hydrogens (tertiary/aromatic N) is 3. The molecule has 7 heteroatoms. The average Bonchev–Trinajstić information content (AvgIpc) is 2.40. The van der Waals surface area contributed by atoms with Crippen molar-refractivity contribution in [3.05, 3.63) is 58.8 Å². The minimum Gasteiger partial charge on any atom is -0.245 e. The maximum Gasteiger partial charge on any atom is 0.361 e. The third-order valence-electron chi connectivity index (χ3n) is 2.19. The van der Waals surface area contributed by atoms with E-state index in [1.165, 1.54) is 12.1 Å². The summed E-state index contributed by atoms with van der Waals surface area (Å²) in [5, 5.41) is 8.69. The third-order valence-corrected chi connectivity index (χ3v) is 3.84. The van der Waals surface area contributed by atoms with Gasteiger partial charge in [0.2, 0.25) is 0 Å². The number of rotatable bonds is 2. The van der Waals surface area contributed by atoms with Crippen LogP contribution >= 0.6 is 0 Å². The predicted molar refractivity (Wildman–Crippen MR) is 62.2 cm³/mol. The standard InChI is InChI=1S/C11H7N3O3S/c12-6-9-7-13-11(15)14(8-9)18(16,17)10-4-2-1-3-5-10/h1-5,7-8H. The van der Waals surface area contributed by atoms with Gasteiger partial charge in [0.15, 0.2) is 0 Å². The molecule has 2 aromatic rings. The molecule has 0 amide bonds. The number of hydrogen-bond acceptors (Lipinski definition) is 5. The second-order valence-electron chi connectivity index (χ2n) is 3.35. The van der Waals surface area contributed by atoms with Gasteiger partial charge in [-0.15, -0.1) is 0 Å². The van der Waals surface area contributed by atoms with Gasteiger partial charge in [-0.05, 0) is 12.1 Å². The molecule has 0 aliphatic carbocycles. The quantitative estimate of drug-likeness (QED) is 0.777. The summed E-state index contributed by atoms with van der Waals surface area (Å²) in [5.41, 5.74) is -0.952. The van der Waals surface area contributed by atoms with E-state index in [0.717, 1.165) is 12.4 Å². The van der Waals surface area contributed by atoms with Crippen molar-refractivity contribution in [3.8, 4) is 6.07 Å². The minimum atomic E-state index is -4.01. The van der Waals surface area contributed by atoms with Gasteiger partial charge in [-0.3, -0.25) is 0 Å². The molecule has 90 valence electrons. The van der Waals surface area contributed by atoms with E-state index in [9.17, 15) is 13.2 Å². The summed E-state index contributed by atoms with van der Waals surface area (Å²) >= 11 is 0. The summed E-state index contributed by atoms with van der Waals surface area (Å²) in [5.74, 6) is 0. The molecule has 0 aliphatic rings. The van der Waals surface area contributed by atoms with Gasteiger partial charge in [-0.1, -0.05) is 18.2 Å². The zero-order valence-electron chi connectivity index (χ0n) is 9.02. The maximum absolute atomic E-state index is 12.1. The van der Waals surface area contributed by atoms with Gasteiger partial charge in [0.05, 0.1) is 16.7 Å². The molecule has 1 aromatic heterocycles. The Hall–Kier alpha value is -2.46. The largest absolute Gasteiger partial charge is 0.361 e. The summed E-state index contributed by atoms with van der Waals surface area (Å²) in [7, 11) is -4.01. The van der Waals surface area contributed by atoms with Crippen molar-refractivity contribution in [2.45, 2.75) is 4.90 Å². The fourth-order valence-electron chi connectivity index (χ4n) is 1.33. The third kappa shape index (κ3) is 2.01. The monoisotopic (exact) mass is 261 g/mol. The Morgan fingerprint density at radius 3 is 2.50 bits per heavy atom. The highest BCUT2D eigenvalue weighted by Gasteiger charge is 2.18. The molecule has 1 aromatic carbocycles. The van der Waals surface area contributed by atoms with Crippen molar-refractivity contribution in [1.29, 1.82) is 5.26 Å². The fourth-order valence-corrected chi connectivity index (χ4v) is 2.57. The van der Waals surface area contributed by atoms with Crippen molar-refractivity contribution < 1.29 is 8.42 Å². The second kappa shape index (κ2) is 4.43. The molecule has 0 N–H and O–H groups in total. The first-order chi connectivity index (χ1) is 8.55. The van der Waals surface area contributed by atoms with Crippen LogP contribution in [0, 0.1) is 11.3 Å². The van der Waals surface area contributed by atoms with Crippen molar-refractivity contribution >= 4 is 10.0 Å². The average molecular weight is 261 g/mol. The van der Waals surface area contributed by atoms with Gasteiger partial charge in [-0.2, -0.15) is 14.2 Å². The van der Waals surface area contributed by atoms with Crippen molar-refractivity contribution in [1.82, 2.24) is 8.96 Å². The lowest BCUT2D eigenvalue weighted by molar-refractivity contribution is 0.583. The van der Waals surface area contributed by atoms with Gasteiger partial charge in [0.1, 0.15) is 6.07 Å². The molecule has 0 aliphatic heterocycles. The van der Waals surface area contributed by atoms with Crippen LogP contribution < -0.4 is 5.69 Å². The molecule has 0 saturated heterocycles. The van der Waals surface area contributed by atoms with Crippen molar-refractivity contribution in [2.24, 2.45) is 0 Å². The summed E-state index contributed by atoms with van der Waals surface area (Å²) < 4.78 is 24.7. The molecule has 0 bridgehead atoms. The Balaban J connectivity index is 2.70. The van der Waals surface area contributed by atoms with Crippen LogP contribution in [0.15, 0.2) is 52.4 Å². The highest BCUT2D eigenvalue weighted by molar-refractivity contribution is 7.90. The van der Waals surface area contributed by atoms with E-state index < -0.39 is 15.7 Å². The van der Waals surface area contributed by atoms with E-state index in [0.29, 0.717) is 3.97 Å². The maximum atomic E-state index is 12.1. The van der Waals surface area contributed by atoms with E-state index in [-0.39, 0.29) is 10.5 Å². The Morgan fingerprint density at radius 1 is 1.22 bits per heavy atom. The molecule has 2 rings (SSSR count). The van der Waals surface area contributed by atoms with E-state index in [1.54, 1.807) is 24.3 Å². The first-order valence-electron chi connectivity index (χ1n) is 4.85. The van der Waals surface area contributed by atoms with Crippen LogP contribution in [0.1, 0.15) is 5.56 Å². The van der Waals surface area contributed by atoms with E-state index in [2.05, 4.69) is 4.98 Å². The number of nitriles is 1. The van der Waals surface area contributed by atoms with Crippen LogP contribution in [-0.2, 0) is 10.0 Å². The van der Waals surface area contributed by atoms with E-state index >= 15 is 0 Å². The molecule has 0 fully saturated rings. The molecule has 0 unspecified atom stereocenters. The Kier molecular flexibility index (Phi) is 2.95. The highest BCUT2D eigenvalue weighted by atomic mass is 32.2. The molecule has 1 heterocycles. The van der Waals surface area contributed by atoms with Crippen molar-refractivity contribution in [3.63, 3.8) is 0 Å². The lowest BCUT2D eigenvalue weighted by Gasteiger charge is -2.06. The Bertz CT molecular complexity index is 773. The van der Waals surface area contributed by atoms with Gasteiger partial charge < -0.3 is 0 Å². The van der Waals surface area contributed by atoms with Gasteiger partial charge in [-0.25, -0.2) is 13.2 Å². The number of aromatic nitrogens is 2. The lowest BCUT2D eigenvalue weighted by atomic mass is 10.4. The van der Waals surface area contributed by atoms with E-state index in [1.807, 2.05) is 0 Å².